The summed E-state index contributed by atoms with van der Waals surface area (Å²) in [4.78, 5) is 0. The van der Waals surface area contributed by atoms with Gasteiger partial charge in [-0.2, -0.15) is 0 Å². The van der Waals surface area contributed by atoms with Crippen molar-refractivity contribution in [1.82, 2.24) is 0 Å². The van der Waals surface area contributed by atoms with Crippen LogP contribution in [0.4, 0.5) is 0 Å². The van der Waals surface area contributed by atoms with Crippen LogP contribution in [0.2, 0.25) is 0 Å². The van der Waals surface area contributed by atoms with E-state index in [2.05, 4.69) is 28.1 Å². The van der Waals surface area contributed by atoms with Crippen molar-refractivity contribution in [1.29, 1.82) is 0 Å². The zero-order chi connectivity index (χ0) is 13.0. The van der Waals surface area contributed by atoms with Gasteiger partial charge in [-0.1, -0.05) is 12.5 Å². The molecule has 18 heavy (non-hydrogen) atoms. The number of ether oxygens (including phenoxy) is 2. The second-order valence-electron chi connectivity index (χ2n) is 4.75. The van der Waals surface area contributed by atoms with Gasteiger partial charge in [0.25, 0.3) is 0 Å². The molecule has 0 spiro atoms. The van der Waals surface area contributed by atoms with Crippen LogP contribution in [0.1, 0.15) is 30.9 Å². The summed E-state index contributed by atoms with van der Waals surface area (Å²) in [6, 6.07) is 6.28. The van der Waals surface area contributed by atoms with E-state index in [1.165, 1.54) is 24.8 Å². The molecule has 0 radical (unpaired) electrons. The molecule has 1 aliphatic carbocycles. The topological polar surface area (TPSA) is 44.5 Å². The first-order valence-electron chi connectivity index (χ1n) is 6.39. The number of nitrogens with two attached hydrogens (primary N) is 1. The molecule has 2 rings (SSSR count). The third-order valence-corrected chi connectivity index (χ3v) is 4.16. The maximum Gasteiger partial charge on any atom is 0.133 e. The van der Waals surface area contributed by atoms with Crippen molar-refractivity contribution in [2.45, 2.75) is 25.3 Å². The lowest BCUT2D eigenvalue weighted by Gasteiger charge is -2.31. The van der Waals surface area contributed by atoms with E-state index in [0.717, 1.165) is 10.2 Å². The Bertz CT molecular complexity index is 393. The predicted octanol–water partition coefficient (Wildman–Crippen LogP) is 3.27. The largest absolute Gasteiger partial charge is 0.490 e. The van der Waals surface area contributed by atoms with Gasteiger partial charge < -0.3 is 15.2 Å². The Hall–Kier alpha value is -0.580. The maximum atomic E-state index is 6.26. The predicted molar refractivity (Wildman–Crippen MR) is 75.8 cm³/mol. The summed E-state index contributed by atoms with van der Waals surface area (Å²) >= 11 is 3.54. The van der Waals surface area contributed by atoms with Crippen LogP contribution in [0.15, 0.2) is 22.7 Å². The molecule has 0 heterocycles. The van der Waals surface area contributed by atoms with Gasteiger partial charge in [0.1, 0.15) is 12.4 Å². The zero-order valence-corrected chi connectivity index (χ0v) is 12.3. The van der Waals surface area contributed by atoms with E-state index in [-0.39, 0.29) is 6.04 Å². The summed E-state index contributed by atoms with van der Waals surface area (Å²) in [6.07, 6.45) is 3.83. The van der Waals surface area contributed by atoms with Crippen LogP contribution in [0.5, 0.6) is 5.75 Å². The molecule has 3 nitrogen and oxygen atoms in total. The Morgan fingerprint density at radius 1 is 1.39 bits per heavy atom. The minimum absolute atomic E-state index is 0.156. The van der Waals surface area contributed by atoms with Gasteiger partial charge in [-0.25, -0.2) is 0 Å². The molecule has 2 N–H and O–H groups in total. The van der Waals surface area contributed by atoms with Crippen LogP contribution >= 0.6 is 15.9 Å². The molecule has 1 aliphatic rings. The lowest BCUT2D eigenvalue weighted by molar-refractivity contribution is 0.146. The molecule has 1 aromatic rings. The van der Waals surface area contributed by atoms with E-state index < -0.39 is 0 Å². The molecule has 4 heteroatoms. The minimum atomic E-state index is 0.156. The molecule has 0 bridgehead atoms. The summed E-state index contributed by atoms with van der Waals surface area (Å²) < 4.78 is 11.5. The smallest absolute Gasteiger partial charge is 0.133 e. The van der Waals surface area contributed by atoms with Crippen LogP contribution in [-0.4, -0.2) is 20.3 Å². The standard InChI is InChI=1S/C14H20BrNO2/c1-17-7-8-18-13-6-5-11(9-12(13)15)14(16)10-3-2-4-10/h5-6,9-10,14H,2-4,7-8,16H2,1H3. The van der Waals surface area contributed by atoms with Crippen molar-refractivity contribution < 1.29 is 9.47 Å². The second-order valence-corrected chi connectivity index (χ2v) is 5.60. The first-order chi connectivity index (χ1) is 8.72. The Balaban J connectivity index is 1.99. The average molecular weight is 314 g/mol. The van der Waals surface area contributed by atoms with Crippen molar-refractivity contribution in [2.24, 2.45) is 11.7 Å². The van der Waals surface area contributed by atoms with E-state index in [1.54, 1.807) is 7.11 Å². The molecule has 0 saturated heterocycles. The van der Waals surface area contributed by atoms with Gasteiger partial charge in [0, 0.05) is 13.2 Å². The van der Waals surface area contributed by atoms with E-state index in [0.29, 0.717) is 19.1 Å². The first kappa shape index (κ1) is 13.8. The van der Waals surface area contributed by atoms with Gasteiger partial charge in [-0.15, -0.1) is 0 Å². The highest BCUT2D eigenvalue weighted by atomic mass is 79.9. The molecule has 1 atom stereocenters. The quantitative estimate of drug-likeness (QED) is 0.820. The van der Waals surface area contributed by atoms with Gasteiger partial charge in [-0.3, -0.25) is 0 Å². The third-order valence-electron chi connectivity index (χ3n) is 3.54. The van der Waals surface area contributed by atoms with E-state index in [1.807, 2.05) is 6.07 Å². The number of hydrogen-bond acceptors (Lipinski definition) is 3. The maximum absolute atomic E-state index is 6.26. The van der Waals surface area contributed by atoms with E-state index in [4.69, 9.17) is 15.2 Å². The Morgan fingerprint density at radius 2 is 2.17 bits per heavy atom. The summed E-state index contributed by atoms with van der Waals surface area (Å²) in [5.41, 5.74) is 7.45. The molecular formula is C14H20BrNO2. The molecule has 0 amide bonds. The molecule has 1 unspecified atom stereocenters. The number of halogens is 1. The molecule has 100 valence electrons. The highest BCUT2D eigenvalue weighted by Gasteiger charge is 2.25. The van der Waals surface area contributed by atoms with Crippen LogP contribution < -0.4 is 10.5 Å². The lowest BCUT2D eigenvalue weighted by atomic mass is 9.77. The van der Waals surface area contributed by atoms with E-state index >= 15 is 0 Å². The van der Waals surface area contributed by atoms with Gasteiger partial charge in [0.2, 0.25) is 0 Å². The first-order valence-corrected chi connectivity index (χ1v) is 7.18. The van der Waals surface area contributed by atoms with Crippen LogP contribution in [-0.2, 0) is 4.74 Å². The molecule has 1 fully saturated rings. The molecular weight excluding hydrogens is 294 g/mol. The van der Waals surface area contributed by atoms with Crippen LogP contribution in [0.3, 0.4) is 0 Å². The number of hydrogen-bond donors (Lipinski definition) is 1. The van der Waals surface area contributed by atoms with Crippen molar-refractivity contribution in [3.8, 4) is 5.75 Å². The van der Waals surface area contributed by atoms with Crippen molar-refractivity contribution in [2.75, 3.05) is 20.3 Å². The third kappa shape index (κ3) is 3.25. The second kappa shape index (κ2) is 6.55. The summed E-state index contributed by atoms with van der Waals surface area (Å²) in [6.45, 7) is 1.15. The fourth-order valence-corrected chi connectivity index (χ4v) is 2.66. The Kier molecular flexibility index (Phi) is 5.03. The van der Waals surface area contributed by atoms with Crippen molar-refractivity contribution in [3.63, 3.8) is 0 Å². The van der Waals surface area contributed by atoms with Crippen LogP contribution in [0.25, 0.3) is 0 Å². The average Bonchev–Trinajstić information content (AvgIpc) is 2.29. The Morgan fingerprint density at radius 3 is 2.72 bits per heavy atom. The number of benzene rings is 1. The number of rotatable bonds is 6. The van der Waals surface area contributed by atoms with Gasteiger partial charge in [-0.05, 0) is 52.4 Å². The fraction of sp³-hybridized carbons (Fsp3) is 0.571. The number of methoxy groups -OCH3 is 1. The minimum Gasteiger partial charge on any atom is -0.490 e. The van der Waals surface area contributed by atoms with Crippen LogP contribution in [0, 0.1) is 5.92 Å². The molecule has 1 saturated carbocycles. The SMILES string of the molecule is COCCOc1ccc(C(N)C2CCC2)cc1Br. The highest BCUT2D eigenvalue weighted by molar-refractivity contribution is 9.10. The summed E-state index contributed by atoms with van der Waals surface area (Å²) in [5, 5.41) is 0. The summed E-state index contributed by atoms with van der Waals surface area (Å²) in [7, 11) is 1.67. The van der Waals surface area contributed by atoms with Crippen molar-refractivity contribution in [3.05, 3.63) is 28.2 Å². The van der Waals surface area contributed by atoms with Crippen molar-refractivity contribution >= 4 is 15.9 Å². The van der Waals surface area contributed by atoms with E-state index in [9.17, 15) is 0 Å². The summed E-state index contributed by atoms with van der Waals surface area (Å²) in [5.74, 6) is 1.49. The van der Waals surface area contributed by atoms with Gasteiger partial charge in [0.15, 0.2) is 0 Å². The lowest BCUT2D eigenvalue weighted by Crippen LogP contribution is -2.26. The van der Waals surface area contributed by atoms with Gasteiger partial charge >= 0.3 is 0 Å². The monoisotopic (exact) mass is 313 g/mol. The van der Waals surface area contributed by atoms with Gasteiger partial charge in [0.05, 0.1) is 11.1 Å². The molecule has 1 aromatic carbocycles. The Labute approximate surface area is 117 Å². The highest BCUT2D eigenvalue weighted by Crippen LogP contribution is 2.38. The normalized spacial score (nSPS) is 17.3. The zero-order valence-electron chi connectivity index (χ0n) is 10.7. The fourth-order valence-electron chi connectivity index (χ4n) is 2.15. The molecule has 0 aromatic heterocycles. The molecule has 0 aliphatic heterocycles.